The van der Waals surface area contributed by atoms with Crippen molar-refractivity contribution in [3.63, 3.8) is 0 Å². The predicted octanol–water partition coefficient (Wildman–Crippen LogP) is 5.05. The molecular formula is C27H26N2O3. The molecule has 3 aromatic carbocycles. The minimum Gasteiger partial charge on any atom is -0.497 e. The number of hydrogen-bond donors (Lipinski definition) is 0. The summed E-state index contributed by atoms with van der Waals surface area (Å²) in [7, 11) is 1.58. The van der Waals surface area contributed by atoms with Gasteiger partial charge in [-0.1, -0.05) is 54.6 Å². The van der Waals surface area contributed by atoms with Gasteiger partial charge in [-0.05, 0) is 37.6 Å². The molecule has 4 aromatic rings. The minimum atomic E-state index is -0.176. The van der Waals surface area contributed by atoms with Crippen molar-refractivity contribution in [3.8, 4) is 11.4 Å². The number of benzene rings is 3. The molecule has 0 aliphatic rings. The lowest BCUT2D eigenvalue weighted by atomic mass is 10.0. The van der Waals surface area contributed by atoms with Crippen molar-refractivity contribution in [1.82, 2.24) is 9.47 Å². The van der Waals surface area contributed by atoms with Crippen LogP contribution in [0.25, 0.3) is 16.5 Å². The van der Waals surface area contributed by atoms with E-state index in [1.807, 2.05) is 85.5 Å². The predicted molar refractivity (Wildman–Crippen MR) is 128 cm³/mol. The molecule has 0 atom stereocenters. The van der Waals surface area contributed by atoms with Gasteiger partial charge in [-0.15, -0.1) is 0 Å². The number of nitrogens with zero attached hydrogens (tertiary/aromatic N) is 2. The molecule has 1 aromatic heterocycles. The molecule has 0 spiro atoms. The number of carbonyl (C=O) groups is 1. The third-order valence-corrected chi connectivity index (χ3v) is 5.57. The number of aromatic nitrogens is 1. The Morgan fingerprint density at radius 1 is 0.938 bits per heavy atom. The van der Waals surface area contributed by atoms with Gasteiger partial charge in [-0.3, -0.25) is 14.2 Å². The van der Waals surface area contributed by atoms with Crippen LogP contribution >= 0.6 is 0 Å². The van der Waals surface area contributed by atoms with Gasteiger partial charge in [0.1, 0.15) is 5.75 Å². The van der Waals surface area contributed by atoms with Gasteiger partial charge < -0.3 is 9.64 Å². The molecule has 1 amide bonds. The van der Waals surface area contributed by atoms with Crippen molar-refractivity contribution in [2.45, 2.75) is 26.4 Å². The molecule has 0 aliphatic heterocycles. The molecule has 0 saturated carbocycles. The Morgan fingerprint density at radius 2 is 1.62 bits per heavy atom. The Hall–Kier alpha value is -3.86. The van der Waals surface area contributed by atoms with E-state index in [0.717, 1.165) is 5.56 Å². The van der Waals surface area contributed by atoms with Crippen molar-refractivity contribution in [1.29, 1.82) is 0 Å². The lowest BCUT2D eigenvalue weighted by molar-refractivity contribution is 0.0691. The fraction of sp³-hybridized carbons (Fsp3) is 0.185. The van der Waals surface area contributed by atoms with E-state index in [2.05, 4.69) is 0 Å². The third-order valence-electron chi connectivity index (χ3n) is 5.57. The maximum atomic E-state index is 13.8. The molecule has 32 heavy (non-hydrogen) atoms. The van der Waals surface area contributed by atoms with Crippen LogP contribution in [0.4, 0.5) is 0 Å². The molecule has 162 valence electrons. The average Bonchev–Trinajstić information content (AvgIpc) is 2.83. The van der Waals surface area contributed by atoms with E-state index in [0.29, 0.717) is 34.3 Å². The number of hydrogen-bond acceptors (Lipinski definition) is 3. The van der Waals surface area contributed by atoms with E-state index in [1.165, 1.54) is 4.57 Å². The molecular weight excluding hydrogens is 400 g/mol. The van der Waals surface area contributed by atoms with E-state index in [9.17, 15) is 9.59 Å². The summed E-state index contributed by atoms with van der Waals surface area (Å²) in [6, 6.07) is 24.4. The summed E-state index contributed by atoms with van der Waals surface area (Å²) in [6.07, 6.45) is 1.65. The minimum absolute atomic E-state index is 0.0151. The molecule has 0 N–H and O–H groups in total. The van der Waals surface area contributed by atoms with E-state index in [4.69, 9.17) is 4.74 Å². The number of fused-ring (bicyclic) bond motifs is 1. The Kier molecular flexibility index (Phi) is 6.08. The Labute approximate surface area is 187 Å². The lowest BCUT2D eigenvalue weighted by Gasteiger charge is -2.28. The molecule has 1 heterocycles. The summed E-state index contributed by atoms with van der Waals surface area (Å²) in [5, 5.41) is 1.16. The summed E-state index contributed by atoms with van der Waals surface area (Å²) in [6.45, 7) is 4.49. The van der Waals surface area contributed by atoms with Crippen LogP contribution in [-0.2, 0) is 6.54 Å². The monoisotopic (exact) mass is 426 g/mol. The van der Waals surface area contributed by atoms with Crippen LogP contribution in [0.3, 0.4) is 0 Å². The molecule has 4 rings (SSSR count). The zero-order chi connectivity index (χ0) is 22.7. The number of ether oxygens (including phenoxy) is 1. The summed E-state index contributed by atoms with van der Waals surface area (Å²) in [4.78, 5) is 28.9. The molecule has 0 bridgehead atoms. The molecule has 5 nitrogen and oxygen atoms in total. The van der Waals surface area contributed by atoms with Gasteiger partial charge in [0.25, 0.3) is 11.5 Å². The zero-order valence-corrected chi connectivity index (χ0v) is 18.5. The summed E-state index contributed by atoms with van der Waals surface area (Å²) >= 11 is 0. The van der Waals surface area contributed by atoms with Crippen molar-refractivity contribution in [2.24, 2.45) is 0 Å². The highest BCUT2D eigenvalue weighted by atomic mass is 16.5. The third kappa shape index (κ3) is 4.14. The highest BCUT2D eigenvalue weighted by molar-refractivity contribution is 6.06. The summed E-state index contributed by atoms with van der Waals surface area (Å²) < 4.78 is 6.85. The number of carbonyl (C=O) groups excluding carboxylic acids is 1. The highest BCUT2D eigenvalue weighted by Crippen LogP contribution is 2.23. The van der Waals surface area contributed by atoms with Crippen molar-refractivity contribution in [3.05, 3.63) is 107 Å². The van der Waals surface area contributed by atoms with Crippen molar-refractivity contribution >= 4 is 16.7 Å². The van der Waals surface area contributed by atoms with Crippen LogP contribution in [0.15, 0.2) is 89.9 Å². The van der Waals surface area contributed by atoms with Crippen LogP contribution in [0.1, 0.15) is 29.8 Å². The molecule has 0 unspecified atom stereocenters. The van der Waals surface area contributed by atoms with Gasteiger partial charge in [-0.2, -0.15) is 0 Å². The van der Waals surface area contributed by atoms with Gasteiger partial charge in [0.2, 0.25) is 0 Å². The van der Waals surface area contributed by atoms with E-state index in [1.54, 1.807) is 25.4 Å². The second-order valence-corrected chi connectivity index (χ2v) is 7.98. The van der Waals surface area contributed by atoms with Crippen molar-refractivity contribution < 1.29 is 9.53 Å². The smallest absolute Gasteiger partial charge is 0.262 e. The number of pyridine rings is 1. The van der Waals surface area contributed by atoms with Crippen LogP contribution in [0.5, 0.6) is 5.75 Å². The SMILES string of the molecule is COc1cccc(-n2cc(C(=O)N(Cc3ccccc3)C(C)C)c3ccccc3c2=O)c1. The van der Waals surface area contributed by atoms with Gasteiger partial charge >= 0.3 is 0 Å². The normalized spacial score (nSPS) is 11.0. The standard InChI is InChI=1S/C27H26N2O3/c1-19(2)28(17-20-10-5-4-6-11-20)27(31)25-18-29(21-12-9-13-22(16-21)32-3)26(30)24-15-8-7-14-23(24)25/h4-16,18-19H,17H2,1-3H3. The van der Waals surface area contributed by atoms with Crippen molar-refractivity contribution in [2.75, 3.05) is 7.11 Å². The quantitative estimate of drug-likeness (QED) is 0.434. The van der Waals surface area contributed by atoms with Crippen LogP contribution < -0.4 is 10.3 Å². The maximum absolute atomic E-state index is 13.8. The lowest BCUT2D eigenvalue weighted by Crippen LogP contribution is -2.37. The van der Waals surface area contributed by atoms with Crippen LogP contribution in [-0.4, -0.2) is 28.5 Å². The first kappa shape index (κ1) is 21.4. The highest BCUT2D eigenvalue weighted by Gasteiger charge is 2.23. The number of amides is 1. The zero-order valence-electron chi connectivity index (χ0n) is 18.5. The fourth-order valence-electron chi connectivity index (χ4n) is 3.84. The second-order valence-electron chi connectivity index (χ2n) is 7.98. The maximum Gasteiger partial charge on any atom is 0.262 e. The number of rotatable bonds is 6. The first-order chi connectivity index (χ1) is 15.5. The van der Waals surface area contributed by atoms with E-state index < -0.39 is 0 Å². The Balaban J connectivity index is 1.88. The van der Waals surface area contributed by atoms with Gasteiger partial charge in [0.15, 0.2) is 0 Å². The Morgan fingerprint density at radius 3 is 2.31 bits per heavy atom. The Bertz CT molecular complexity index is 1310. The van der Waals surface area contributed by atoms with Gasteiger partial charge in [-0.25, -0.2) is 0 Å². The summed E-state index contributed by atoms with van der Waals surface area (Å²) in [5.41, 5.74) is 2.02. The molecule has 0 fully saturated rings. The van der Waals surface area contributed by atoms with Crippen LogP contribution in [0, 0.1) is 0 Å². The molecule has 0 aliphatic carbocycles. The summed E-state index contributed by atoms with van der Waals surface area (Å²) in [5.74, 6) is 0.528. The first-order valence-corrected chi connectivity index (χ1v) is 10.6. The number of methoxy groups -OCH3 is 1. The molecule has 0 saturated heterocycles. The second kappa shape index (κ2) is 9.10. The first-order valence-electron chi connectivity index (χ1n) is 10.6. The topological polar surface area (TPSA) is 51.5 Å². The fourth-order valence-corrected chi connectivity index (χ4v) is 3.84. The van der Waals surface area contributed by atoms with Gasteiger partial charge in [0.05, 0.1) is 18.4 Å². The van der Waals surface area contributed by atoms with E-state index in [-0.39, 0.29) is 17.5 Å². The average molecular weight is 427 g/mol. The van der Waals surface area contributed by atoms with Gasteiger partial charge in [0, 0.05) is 35.6 Å². The van der Waals surface area contributed by atoms with E-state index >= 15 is 0 Å². The molecule has 5 heteroatoms. The molecule has 0 radical (unpaired) electrons. The largest absolute Gasteiger partial charge is 0.497 e. The van der Waals surface area contributed by atoms with Crippen LogP contribution in [0.2, 0.25) is 0 Å².